The van der Waals surface area contributed by atoms with Crippen molar-refractivity contribution in [2.45, 2.75) is 13.3 Å². The van der Waals surface area contributed by atoms with Gasteiger partial charge in [0.25, 0.3) is 5.91 Å². The first-order chi connectivity index (χ1) is 17.1. The molecule has 5 rings (SSSR count). The van der Waals surface area contributed by atoms with Gasteiger partial charge in [-0.15, -0.1) is 0 Å². The molecular weight excluding hydrogens is 440 g/mol. The lowest BCUT2D eigenvalue weighted by atomic mass is 10.0. The fraction of sp³-hybridized carbons (Fsp3) is 0.250. The number of hydrogen-bond donors (Lipinski definition) is 0. The molecule has 1 aliphatic heterocycles. The van der Waals surface area contributed by atoms with Crippen molar-refractivity contribution >= 4 is 11.7 Å². The van der Waals surface area contributed by atoms with Gasteiger partial charge < -0.3 is 19.0 Å². The maximum atomic E-state index is 12.7. The summed E-state index contributed by atoms with van der Waals surface area (Å²) in [4.78, 5) is 26.8. The first-order valence-electron chi connectivity index (χ1n) is 11.8. The Labute approximate surface area is 205 Å². The summed E-state index contributed by atoms with van der Waals surface area (Å²) in [7, 11) is 1.68. The zero-order chi connectivity index (χ0) is 24.2. The second-order valence-electron chi connectivity index (χ2n) is 8.59. The van der Waals surface area contributed by atoms with Gasteiger partial charge in [0.15, 0.2) is 11.6 Å². The normalized spacial score (nSPS) is 13.7. The summed E-state index contributed by atoms with van der Waals surface area (Å²) in [5.74, 6) is 2.76. The highest BCUT2D eigenvalue weighted by molar-refractivity contribution is 5.91. The summed E-state index contributed by atoms with van der Waals surface area (Å²) in [6, 6.07) is 21.6. The zero-order valence-electron chi connectivity index (χ0n) is 20.0. The summed E-state index contributed by atoms with van der Waals surface area (Å²) >= 11 is 0. The monoisotopic (exact) mass is 468 g/mol. The number of anilines is 1. The van der Waals surface area contributed by atoms with Gasteiger partial charge in [-0.05, 0) is 36.8 Å². The van der Waals surface area contributed by atoms with Crippen molar-refractivity contribution < 1.29 is 13.9 Å². The molecule has 7 nitrogen and oxygen atoms in total. The molecule has 3 heterocycles. The molecule has 0 saturated carbocycles. The summed E-state index contributed by atoms with van der Waals surface area (Å²) in [6.07, 6.45) is 2.22. The largest absolute Gasteiger partial charge is 0.497 e. The summed E-state index contributed by atoms with van der Waals surface area (Å²) in [5.41, 5.74) is 4.15. The smallest absolute Gasteiger partial charge is 0.289 e. The van der Waals surface area contributed by atoms with Crippen molar-refractivity contribution in [2.24, 2.45) is 0 Å². The van der Waals surface area contributed by atoms with Crippen molar-refractivity contribution in [1.29, 1.82) is 0 Å². The van der Waals surface area contributed by atoms with Gasteiger partial charge in [0.1, 0.15) is 11.6 Å². The molecule has 0 aliphatic carbocycles. The number of ether oxygens (including phenoxy) is 1. The minimum Gasteiger partial charge on any atom is -0.497 e. The van der Waals surface area contributed by atoms with Crippen LogP contribution in [0.4, 0.5) is 5.82 Å². The van der Waals surface area contributed by atoms with Gasteiger partial charge in [-0.3, -0.25) is 4.79 Å². The first-order valence-corrected chi connectivity index (χ1v) is 11.8. The zero-order valence-corrected chi connectivity index (χ0v) is 20.0. The van der Waals surface area contributed by atoms with Gasteiger partial charge in [-0.1, -0.05) is 42.5 Å². The predicted molar refractivity (Wildman–Crippen MR) is 135 cm³/mol. The van der Waals surface area contributed by atoms with Crippen LogP contribution in [0.1, 0.15) is 27.4 Å². The molecule has 1 amide bonds. The second kappa shape index (κ2) is 10.0. The Morgan fingerprint density at radius 1 is 0.971 bits per heavy atom. The number of carbonyl (C=O) groups is 1. The molecule has 0 unspecified atom stereocenters. The third kappa shape index (κ3) is 4.89. The van der Waals surface area contributed by atoms with E-state index in [1.165, 1.54) is 6.26 Å². The SMILES string of the molecule is COc1cccc(Cc2c(C)nc(-c3ccccc3)nc2N2CCN(C(=O)c3ccco3)CC2)c1. The van der Waals surface area contributed by atoms with E-state index in [0.29, 0.717) is 44.2 Å². The number of aromatic nitrogens is 2. The molecule has 0 radical (unpaired) electrons. The standard InChI is InChI=1S/C28H28N4O3/c1-20-24(19-21-8-6-11-23(18-21)34-2)27(30-26(29-20)22-9-4-3-5-10-22)31-13-15-32(16-14-31)28(33)25-12-7-17-35-25/h3-12,17-18H,13-16,19H2,1-2H3. The van der Waals surface area contributed by atoms with E-state index in [1.807, 2.05) is 60.4 Å². The van der Waals surface area contributed by atoms with E-state index in [1.54, 1.807) is 19.2 Å². The number of methoxy groups -OCH3 is 1. The molecule has 0 bridgehead atoms. The third-order valence-corrected chi connectivity index (χ3v) is 6.34. The topological polar surface area (TPSA) is 71.7 Å². The summed E-state index contributed by atoms with van der Waals surface area (Å²) < 4.78 is 10.7. The van der Waals surface area contributed by atoms with Gasteiger partial charge in [0, 0.05) is 49.4 Å². The van der Waals surface area contributed by atoms with Crippen LogP contribution in [0, 0.1) is 6.92 Å². The Morgan fingerprint density at radius 2 is 1.77 bits per heavy atom. The van der Waals surface area contributed by atoms with Gasteiger partial charge in [0.2, 0.25) is 0 Å². The lowest BCUT2D eigenvalue weighted by Crippen LogP contribution is -2.49. The number of hydrogen-bond acceptors (Lipinski definition) is 6. The van der Waals surface area contributed by atoms with Crippen LogP contribution in [0.3, 0.4) is 0 Å². The van der Waals surface area contributed by atoms with Crippen LogP contribution in [0.2, 0.25) is 0 Å². The first kappa shape index (κ1) is 22.7. The van der Waals surface area contributed by atoms with Gasteiger partial charge in [-0.25, -0.2) is 9.97 Å². The number of piperazine rings is 1. The molecule has 1 fully saturated rings. The molecule has 1 aliphatic rings. The van der Waals surface area contributed by atoms with Gasteiger partial charge in [0.05, 0.1) is 13.4 Å². The Kier molecular flexibility index (Phi) is 6.48. The van der Waals surface area contributed by atoms with Crippen molar-refractivity contribution in [1.82, 2.24) is 14.9 Å². The van der Waals surface area contributed by atoms with Crippen LogP contribution in [0.5, 0.6) is 5.75 Å². The Morgan fingerprint density at radius 3 is 2.49 bits per heavy atom. The number of furan rings is 1. The summed E-state index contributed by atoms with van der Waals surface area (Å²) in [6.45, 7) is 4.61. The summed E-state index contributed by atoms with van der Waals surface area (Å²) in [5, 5.41) is 0. The lowest BCUT2D eigenvalue weighted by molar-refractivity contribution is 0.0714. The van der Waals surface area contributed by atoms with Gasteiger partial charge in [-0.2, -0.15) is 0 Å². The maximum Gasteiger partial charge on any atom is 0.289 e. The number of rotatable bonds is 6. The van der Waals surface area contributed by atoms with Crippen LogP contribution >= 0.6 is 0 Å². The van der Waals surface area contributed by atoms with Crippen LogP contribution in [0.25, 0.3) is 11.4 Å². The van der Waals surface area contributed by atoms with E-state index >= 15 is 0 Å². The van der Waals surface area contributed by atoms with E-state index in [2.05, 4.69) is 11.0 Å². The molecule has 4 aromatic rings. The van der Waals surface area contributed by atoms with Gasteiger partial charge >= 0.3 is 0 Å². The molecule has 2 aromatic carbocycles. The fourth-order valence-electron chi connectivity index (χ4n) is 4.43. The number of benzene rings is 2. The fourth-order valence-corrected chi connectivity index (χ4v) is 4.43. The molecular formula is C28H28N4O3. The van der Waals surface area contributed by atoms with Crippen LogP contribution in [-0.2, 0) is 6.42 Å². The minimum absolute atomic E-state index is 0.0740. The molecule has 1 saturated heterocycles. The number of amides is 1. The molecule has 0 N–H and O–H groups in total. The van der Waals surface area contributed by atoms with Crippen LogP contribution in [0.15, 0.2) is 77.4 Å². The Bertz CT molecular complexity index is 1300. The Balaban J connectivity index is 1.46. The maximum absolute atomic E-state index is 12.7. The quantitative estimate of drug-likeness (QED) is 0.412. The number of aryl methyl sites for hydroxylation is 1. The van der Waals surface area contributed by atoms with Crippen molar-refractivity contribution in [3.8, 4) is 17.1 Å². The number of nitrogens with zero attached hydrogens (tertiary/aromatic N) is 4. The highest BCUT2D eigenvalue weighted by Gasteiger charge is 2.27. The van der Waals surface area contributed by atoms with Crippen molar-refractivity contribution in [2.75, 3.05) is 38.2 Å². The highest BCUT2D eigenvalue weighted by Crippen LogP contribution is 2.29. The predicted octanol–water partition coefficient (Wildman–Crippen LogP) is 4.61. The molecule has 0 atom stereocenters. The van der Waals surface area contributed by atoms with Crippen molar-refractivity contribution in [3.63, 3.8) is 0 Å². The molecule has 7 heteroatoms. The van der Waals surface area contributed by atoms with E-state index in [0.717, 1.165) is 34.0 Å². The van der Waals surface area contributed by atoms with E-state index in [4.69, 9.17) is 19.1 Å². The van der Waals surface area contributed by atoms with E-state index in [-0.39, 0.29) is 5.91 Å². The van der Waals surface area contributed by atoms with Crippen LogP contribution < -0.4 is 9.64 Å². The number of carbonyl (C=O) groups excluding carboxylic acids is 1. The molecule has 35 heavy (non-hydrogen) atoms. The molecule has 178 valence electrons. The molecule has 2 aromatic heterocycles. The van der Waals surface area contributed by atoms with Crippen molar-refractivity contribution in [3.05, 3.63) is 95.6 Å². The van der Waals surface area contributed by atoms with E-state index < -0.39 is 0 Å². The third-order valence-electron chi connectivity index (χ3n) is 6.34. The average molecular weight is 469 g/mol. The lowest BCUT2D eigenvalue weighted by Gasteiger charge is -2.36. The highest BCUT2D eigenvalue weighted by atomic mass is 16.5. The molecule has 0 spiro atoms. The van der Waals surface area contributed by atoms with Crippen LogP contribution in [-0.4, -0.2) is 54.1 Å². The van der Waals surface area contributed by atoms with E-state index in [9.17, 15) is 4.79 Å². The second-order valence-corrected chi connectivity index (χ2v) is 8.59. The average Bonchev–Trinajstić information content (AvgIpc) is 3.45. The Hall–Kier alpha value is -4.13. The minimum atomic E-state index is -0.0740.